The van der Waals surface area contributed by atoms with Gasteiger partial charge in [0.15, 0.2) is 0 Å². The number of aromatic nitrogens is 2. The first kappa shape index (κ1) is 19.9. The molecule has 1 aromatic carbocycles. The lowest BCUT2D eigenvalue weighted by atomic mass is 10.2. The van der Waals surface area contributed by atoms with Gasteiger partial charge < -0.3 is 4.90 Å². The Hall–Kier alpha value is -1.82. The molecule has 0 N–H and O–H groups in total. The van der Waals surface area contributed by atoms with Crippen molar-refractivity contribution in [3.8, 4) is 0 Å². The first-order valence-corrected chi connectivity index (χ1v) is 9.89. The van der Waals surface area contributed by atoms with Gasteiger partial charge in [0, 0.05) is 72.2 Å². The summed E-state index contributed by atoms with van der Waals surface area (Å²) < 4.78 is 1.92. The Labute approximate surface area is 170 Å². The molecule has 7 heteroatoms. The minimum Gasteiger partial charge on any atom is -0.337 e. The molecule has 1 aliphatic rings. The number of carbonyl (C=O) groups is 1. The third-order valence-electron chi connectivity index (χ3n) is 4.97. The van der Waals surface area contributed by atoms with Gasteiger partial charge in [-0.25, -0.2) is 0 Å². The number of nitrogens with zero attached hydrogens (tertiary/aromatic N) is 4. The summed E-state index contributed by atoms with van der Waals surface area (Å²) in [5.74, 6) is 0.0362. The van der Waals surface area contributed by atoms with Crippen LogP contribution in [-0.2, 0) is 17.9 Å². The van der Waals surface area contributed by atoms with Crippen molar-refractivity contribution in [3.05, 3.63) is 57.3 Å². The van der Waals surface area contributed by atoms with Gasteiger partial charge >= 0.3 is 0 Å². The van der Waals surface area contributed by atoms with E-state index < -0.39 is 0 Å². The molecule has 3 rings (SSSR count). The largest absolute Gasteiger partial charge is 0.337 e. The van der Waals surface area contributed by atoms with E-state index in [0.717, 1.165) is 36.5 Å². The van der Waals surface area contributed by atoms with E-state index >= 15 is 0 Å². The van der Waals surface area contributed by atoms with Crippen LogP contribution in [0.1, 0.15) is 23.7 Å². The molecule has 2 heterocycles. The number of halogens is 2. The van der Waals surface area contributed by atoms with E-state index in [1.807, 2.05) is 47.7 Å². The third-order valence-corrected chi connectivity index (χ3v) is 5.68. The monoisotopic (exact) mass is 406 g/mol. The van der Waals surface area contributed by atoms with Crippen LogP contribution in [0.5, 0.6) is 0 Å². The lowest BCUT2D eigenvalue weighted by molar-refractivity contribution is -0.127. The van der Waals surface area contributed by atoms with E-state index in [1.165, 1.54) is 0 Å². The fourth-order valence-electron chi connectivity index (χ4n) is 3.24. The Morgan fingerprint density at radius 3 is 2.44 bits per heavy atom. The second-order valence-electron chi connectivity index (χ2n) is 6.64. The van der Waals surface area contributed by atoms with Crippen molar-refractivity contribution in [1.82, 2.24) is 19.6 Å². The molecule has 27 heavy (non-hydrogen) atoms. The van der Waals surface area contributed by atoms with Crippen LogP contribution in [0.15, 0.2) is 30.5 Å². The van der Waals surface area contributed by atoms with Gasteiger partial charge in [-0.3, -0.25) is 14.4 Å². The topological polar surface area (TPSA) is 41.4 Å². The number of carbonyl (C=O) groups excluding carboxylic acids is 1. The average Bonchev–Trinajstić information content (AvgIpc) is 3.03. The Morgan fingerprint density at radius 2 is 1.85 bits per heavy atom. The van der Waals surface area contributed by atoms with E-state index in [1.54, 1.807) is 12.3 Å². The Balaban J connectivity index is 1.55. The molecule has 1 fully saturated rings. The van der Waals surface area contributed by atoms with Gasteiger partial charge in [-0.1, -0.05) is 29.3 Å². The quantitative estimate of drug-likeness (QED) is 0.707. The fourth-order valence-corrected chi connectivity index (χ4v) is 3.76. The predicted octanol–water partition coefficient (Wildman–Crippen LogP) is 3.88. The number of rotatable bonds is 5. The number of piperazine rings is 1. The van der Waals surface area contributed by atoms with Crippen molar-refractivity contribution in [3.63, 3.8) is 0 Å². The van der Waals surface area contributed by atoms with Crippen molar-refractivity contribution in [1.29, 1.82) is 0 Å². The minimum atomic E-state index is 0.0362. The summed E-state index contributed by atoms with van der Waals surface area (Å²) in [5, 5.41) is 5.67. The molecule has 5 nitrogen and oxygen atoms in total. The molecule has 0 atom stereocenters. The standard InChI is InChI=1S/C20H24Cl2N4O/c1-3-26-15(2)16(13-23-26)7-8-20(27)25-11-9-24(10-12-25)14-17-18(21)5-4-6-19(17)22/h4-8,13H,3,9-12,14H2,1-2H3/b8-7+. The van der Waals surface area contributed by atoms with Gasteiger partial charge in [0.05, 0.1) is 6.20 Å². The molecule has 0 unspecified atom stereocenters. The van der Waals surface area contributed by atoms with Crippen LogP contribution in [0, 0.1) is 6.92 Å². The maximum Gasteiger partial charge on any atom is 0.246 e. The molecule has 0 bridgehead atoms. The number of hydrogen-bond donors (Lipinski definition) is 0. The van der Waals surface area contributed by atoms with Gasteiger partial charge in [0.25, 0.3) is 0 Å². The maximum atomic E-state index is 12.5. The highest BCUT2D eigenvalue weighted by molar-refractivity contribution is 6.35. The normalized spacial score (nSPS) is 15.6. The van der Waals surface area contributed by atoms with Crippen LogP contribution < -0.4 is 0 Å². The third kappa shape index (κ3) is 4.72. The van der Waals surface area contributed by atoms with E-state index in [0.29, 0.717) is 29.7 Å². The Kier molecular flexibility index (Phi) is 6.58. The summed E-state index contributed by atoms with van der Waals surface area (Å²) in [6, 6.07) is 5.56. The van der Waals surface area contributed by atoms with E-state index in [2.05, 4.69) is 10.00 Å². The molecule has 1 aromatic heterocycles. The first-order chi connectivity index (χ1) is 13.0. The summed E-state index contributed by atoms with van der Waals surface area (Å²) in [4.78, 5) is 16.6. The second-order valence-corrected chi connectivity index (χ2v) is 7.45. The van der Waals surface area contributed by atoms with Crippen LogP contribution in [0.2, 0.25) is 10.0 Å². The maximum absolute atomic E-state index is 12.5. The van der Waals surface area contributed by atoms with Crippen LogP contribution >= 0.6 is 23.2 Å². The number of benzene rings is 1. The van der Waals surface area contributed by atoms with Gasteiger partial charge in [-0.05, 0) is 32.1 Å². The fraction of sp³-hybridized carbons (Fsp3) is 0.400. The van der Waals surface area contributed by atoms with Crippen LogP contribution in [0.4, 0.5) is 0 Å². The predicted molar refractivity (Wildman–Crippen MR) is 110 cm³/mol. The smallest absolute Gasteiger partial charge is 0.246 e. The molecule has 1 amide bonds. The molecule has 0 saturated carbocycles. The summed E-state index contributed by atoms with van der Waals surface area (Å²) in [6.07, 6.45) is 5.30. The highest BCUT2D eigenvalue weighted by atomic mass is 35.5. The van der Waals surface area contributed by atoms with E-state index in [-0.39, 0.29) is 5.91 Å². The van der Waals surface area contributed by atoms with Gasteiger partial charge in [-0.15, -0.1) is 0 Å². The lowest BCUT2D eigenvalue weighted by Crippen LogP contribution is -2.47. The lowest BCUT2D eigenvalue weighted by Gasteiger charge is -2.34. The van der Waals surface area contributed by atoms with Gasteiger partial charge in [0.1, 0.15) is 0 Å². The van der Waals surface area contributed by atoms with Crippen molar-refractivity contribution >= 4 is 35.2 Å². The molecule has 0 spiro atoms. The number of aryl methyl sites for hydroxylation is 1. The number of amides is 1. The molecule has 0 radical (unpaired) electrons. The van der Waals surface area contributed by atoms with Crippen molar-refractivity contribution < 1.29 is 4.79 Å². The van der Waals surface area contributed by atoms with Crippen molar-refractivity contribution in [2.24, 2.45) is 0 Å². The molecule has 0 aliphatic carbocycles. The summed E-state index contributed by atoms with van der Waals surface area (Å²) in [7, 11) is 0. The van der Waals surface area contributed by atoms with E-state index in [4.69, 9.17) is 23.2 Å². The molecule has 1 saturated heterocycles. The van der Waals surface area contributed by atoms with Crippen molar-refractivity contribution in [2.45, 2.75) is 26.9 Å². The summed E-state index contributed by atoms with van der Waals surface area (Å²) in [6.45, 7) is 8.57. The SMILES string of the molecule is CCn1ncc(/C=C/C(=O)N2CCN(Cc3c(Cl)cccc3Cl)CC2)c1C. The van der Waals surface area contributed by atoms with Gasteiger partial charge in [-0.2, -0.15) is 5.10 Å². The molecule has 2 aromatic rings. The highest BCUT2D eigenvalue weighted by Crippen LogP contribution is 2.26. The summed E-state index contributed by atoms with van der Waals surface area (Å²) >= 11 is 12.5. The Morgan fingerprint density at radius 1 is 1.19 bits per heavy atom. The van der Waals surface area contributed by atoms with Gasteiger partial charge in [0.2, 0.25) is 5.91 Å². The molecular formula is C20H24Cl2N4O. The molecular weight excluding hydrogens is 383 g/mol. The summed E-state index contributed by atoms with van der Waals surface area (Å²) in [5.41, 5.74) is 3.00. The van der Waals surface area contributed by atoms with Crippen LogP contribution in [-0.4, -0.2) is 51.7 Å². The van der Waals surface area contributed by atoms with Crippen LogP contribution in [0.3, 0.4) is 0 Å². The molecule has 1 aliphatic heterocycles. The zero-order valence-electron chi connectivity index (χ0n) is 15.7. The zero-order valence-corrected chi connectivity index (χ0v) is 17.2. The first-order valence-electron chi connectivity index (χ1n) is 9.14. The molecule has 144 valence electrons. The average molecular weight is 407 g/mol. The van der Waals surface area contributed by atoms with E-state index in [9.17, 15) is 4.79 Å². The Bertz CT molecular complexity index is 818. The number of hydrogen-bond acceptors (Lipinski definition) is 3. The highest BCUT2D eigenvalue weighted by Gasteiger charge is 2.21. The minimum absolute atomic E-state index is 0.0362. The zero-order chi connectivity index (χ0) is 19.4. The van der Waals surface area contributed by atoms with Crippen LogP contribution in [0.25, 0.3) is 6.08 Å². The second kappa shape index (κ2) is 8.91. The van der Waals surface area contributed by atoms with Crippen molar-refractivity contribution in [2.75, 3.05) is 26.2 Å².